The molecule has 3 amide bonds. The van der Waals surface area contributed by atoms with Crippen LogP contribution in [-0.4, -0.2) is 39.3 Å². The molecule has 4 rings (SSSR count). The van der Waals surface area contributed by atoms with Crippen molar-refractivity contribution in [3.63, 3.8) is 0 Å². The Labute approximate surface area is 236 Å². The molecule has 0 heterocycles. The van der Waals surface area contributed by atoms with Crippen molar-refractivity contribution in [3.8, 4) is 5.75 Å². The standard InChI is InChI=1S/C18H18N2O5S.C9H9Cl2NO/c1-25-16-5-3-2-4-15(16)18(22)20-26(23,24)14-10-6-12(7-11-14)17(21)19-13-8-9-13;1-2-9(13)12-6-3-4-7(10)8(11)5-6/h2-7,10-11,13H,8-9H2,1H3,(H,19,21)(H,20,22);3-5H,2H2,1H3,(H,12,13). The maximum absolute atomic E-state index is 12.4. The molecular weight excluding hydrogens is 565 g/mol. The van der Waals surface area contributed by atoms with Gasteiger partial charge in [-0.05, 0) is 67.4 Å². The third-order valence-corrected chi connectivity index (χ3v) is 7.53. The Morgan fingerprint density at radius 2 is 1.59 bits per heavy atom. The lowest BCUT2D eigenvalue weighted by molar-refractivity contribution is -0.115. The second-order valence-corrected chi connectivity index (χ2v) is 10.9. The van der Waals surface area contributed by atoms with Crippen molar-refractivity contribution < 1.29 is 27.5 Å². The first kappa shape index (κ1) is 29.9. The number of halogens is 2. The van der Waals surface area contributed by atoms with Gasteiger partial charge in [0.2, 0.25) is 5.91 Å². The van der Waals surface area contributed by atoms with E-state index in [0.717, 1.165) is 12.8 Å². The monoisotopic (exact) mass is 591 g/mol. The lowest BCUT2D eigenvalue weighted by atomic mass is 10.2. The van der Waals surface area contributed by atoms with Gasteiger partial charge in [0, 0.05) is 23.7 Å². The Morgan fingerprint density at radius 3 is 2.18 bits per heavy atom. The van der Waals surface area contributed by atoms with Gasteiger partial charge in [0.05, 0.1) is 27.6 Å². The zero-order valence-electron chi connectivity index (χ0n) is 21.2. The van der Waals surface area contributed by atoms with Crippen molar-refractivity contribution in [2.45, 2.75) is 37.1 Å². The third kappa shape index (κ3) is 8.71. The summed E-state index contributed by atoms with van der Waals surface area (Å²) in [5, 5.41) is 6.42. The fourth-order valence-corrected chi connectivity index (χ4v) is 4.44. The number of hydrogen-bond acceptors (Lipinski definition) is 6. The molecule has 0 aromatic heterocycles. The number of para-hydroxylation sites is 1. The number of nitrogens with one attached hydrogen (secondary N) is 3. The van der Waals surface area contributed by atoms with E-state index < -0.39 is 15.9 Å². The molecule has 39 heavy (non-hydrogen) atoms. The molecule has 3 N–H and O–H groups in total. The van der Waals surface area contributed by atoms with Gasteiger partial charge in [-0.15, -0.1) is 0 Å². The van der Waals surface area contributed by atoms with Gasteiger partial charge in [0.25, 0.3) is 21.8 Å². The minimum absolute atomic E-state index is 0.0432. The summed E-state index contributed by atoms with van der Waals surface area (Å²) in [5.74, 6) is -0.807. The van der Waals surface area contributed by atoms with E-state index in [-0.39, 0.29) is 34.1 Å². The normalized spacial score (nSPS) is 12.4. The fourth-order valence-electron chi connectivity index (χ4n) is 3.17. The van der Waals surface area contributed by atoms with E-state index >= 15 is 0 Å². The molecule has 0 aliphatic heterocycles. The molecular formula is C27H27Cl2N3O6S. The van der Waals surface area contributed by atoms with Gasteiger partial charge in [0.1, 0.15) is 5.75 Å². The minimum Gasteiger partial charge on any atom is -0.496 e. The van der Waals surface area contributed by atoms with Crippen molar-refractivity contribution in [2.75, 3.05) is 12.4 Å². The molecule has 1 aliphatic carbocycles. The van der Waals surface area contributed by atoms with Gasteiger partial charge < -0.3 is 15.4 Å². The molecule has 0 radical (unpaired) electrons. The molecule has 1 fully saturated rings. The Hall–Kier alpha value is -3.60. The van der Waals surface area contributed by atoms with Crippen LogP contribution in [0.15, 0.2) is 71.6 Å². The largest absolute Gasteiger partial charge is 0.496 e. The summed E-state index contributed by atoms with van der Waals surface area (Å²) >= 11 is 11.5. The molecule has 1 saturated carbocycles. The van der Waals surface area contributed by atoms with E-state index in [1.807, 2.05) is 4.72 Å². The Balaban J connectivity index is 0.000000272. The number of amides is 3. The highest BCUT2D eigenvalue weighted by Crippen LogP contribution is 2.25. The van der Waals surface area contributed by atoms with Crippen LogP contribution in [0.4, 0.5) is 5.69 Å². The van der Waals surface area contributed by atoms with E-state index in [2.05, 4.69) is 10.6 Å². The first-order valence-electron chi connectivity index (χ1n) is 11.9. The van der Waals surface area contributed by atoms with Crippen LogP contribution in [0, 0.1) is 0 Å². The summed E-state index contributed by atoms with van der Waals surface area (Å²) in [7, 11) is -2.68. The van der Waals surface area contributed by atoms with Crippen LogP contribution < -0.4 is 20.1 Å². The predicted octanol–water partition coefficient (Wildman–Crippen LogP) is 5.05. The van der Waals surface area contributed by atoms with Gasteiger partial charge >= 0.3 is 0 Å². The summed E-state index contributed by atoms with van der Waals surface area (Å²) in [4.78, 5) is 35.1. The number of methoxy groups -OCH3 is 1. The molecule has 206 valence electrons. The zero-order chi connectivity index (χ0) is 28.6. The number of rotatable bonds is 8. The van der Waals surface area contributed by atoms with Crippen molar-refractivity contribution in [1.29, 1.82) is 0 Å². The summed E-state index contributed by atoms with van der Waals surface area (Å²) in [6.45, 7) is 1.78. The molecule has 3 aromatic carbocycles. The van der Waals surface area contributed by atoms with Crippen LogP contribution >= 0.6 is 23.2 Å². The maximum Gasteiger partial charge on any atom is 0.268 e. The molecule has 12 heteroatoms. The van der Waals surface area contributed by atoms with Crippen LogP contribution in [0.25, 0.3) is 0 Å². The molecule has 0 unspecified atom stereocenters. The molecule has 0 bridgehead atoms. The van der Waals surface area contributed by atoms with Crippen LogP contribution in [0.1, 0.15) is 46.9 Å². The number of ether oxygens (including phenoxy) is 1. The number of carbonyl (C=O) groups excluding carboxylic acids is 3. The highest BCUT2D eigenvalue weighted by molar-refractivity contribution is 7.90. The van der Waals surface area contributed by atoms with Crippen LogP contribution in [0.3, 0.4) is 0 Å². The lowest BCUT2D eigenvalue weighted by Crippen LogP contribution is -2.31. The highest BCUT2D eigenvalue weighted by Gasteiger charge is 2.25. The second-order valence-electron chi connectivity index (χ2n) is 8.44. The van der Waals surface area contributed by atoms with Gasteiger partial charge in [-0.25, -0.2) is 13.1 Å². The van der Waals surface area contributed by atoms with Crippen LogP contribution in [0.2, 0.25) is 10.0 Å². The fraction of sp³-hybridized carbons (Fsp3) is 0.222. The number of hydrogen-bond donors (Lipinski definition) is 3. The lowest BCUT2D eigenvalue weighted by Gasteiger charge is -2.10. The Kier molecular flexibility index (Phi) is 10.3. The molecule has 0 saturated heterocycles. The van der Waals surface area contributed by atoms with Crippen molar-refractivity contribution in [1.82, 2.24) is 10.0 Å². The Bertz CT molecular complexity index is 1460. The van der Waals surface area contributed by atoms with Crippen molar-refractivity contribution in [3.05, 3.63) is 87.9 Å². The van der Waals surface area contributed by atoms with E-state index in [4.69, 9.17) is 27.9 Å². The van der Waals surface area contributed by atoms with Crippen molar-refractivity contribution >= 4 is 56.6 Å². The predicted molar refractivity (Wildman–Crippen MR) is 150 cm³/mol. The second kappa shape index (κ2) is 13.5. The van der Waals surface area contributed by atoms with Gasteiger partial charge in [0.15, 0.2) is 0 Å². The summed E-state index contributed by atoms with van der Waals surface area (Å²) in [6.07, 6.45) is 2.38. The first-order chi connectivity index (χ1) is 18.5. The topological polar surface area (TPSA) is 131 Å². The van der Waals surface area contributed by atoms with Crippen LogP contribution in [-0.2, 0) is 14.8 Å². The number of carbonyl (C=O) groups is 3. The van der Waals surface area contributed by atoms with E-state index in [1.54, 1.807) is 43.3 Å². The third-order valence-electron chi connectivity index (χ3n) is 5.44. The quantitative estimate of drug-likeness (QED) is 0.336. The summed E-state index contributed by atoms with van der Waals surface area (Å²) in [6, 6.07) is 16.9. The molecule has 0 atom stereocenters. The Morgan fingerprint density at radius 1 is 0.923 bits per heavy atom. The number of benzene rings is 3. The average molecular weight is 593 g/mol. The highest BCUT2D eigenvalue weighted by atomic mass is 35.5. The number of sulfonamides is 1. The zero-order valence-corrected chi connectivity index (χ0v) is 23.5. The van der Waals surface area contributed by atoms with E-state index in [0.29, 0.717) is 27.7 Å². The molecule has 3 aromatic rings. The van der Waals surface area contributed by atoms with Gasteiger partial charge in [-0.3, -0.25) is 14.4 Å². The van der Waals surface area contributed by atoms with E-state index in [9.17, 15) is 22.8 Å². The molecule has 0 spiro atoms. The summed E-state index contributed by atoms with van der Waals surface area (Å²) < 4.78 is 31.9. The first-order valence-corrected chi connectivity index (χ1v) is 14.1. The molecule has 1 aliphatic rings. The van der Waals surface area contributed by atoms with Gasteiger partial charge in [-0.2, -0.15) is 0 Å². The SMILES string of the molecule is CCC(=O)Nc1ccc(Cl)c(Cl)c1.COc1ccccc1C(=O)NS(=O)(=O)c1ccc(C(=O)NC2CC2)cc1. The smallest absolute Gasteiger partial charge is 0.268 e. The van der Waals surface area contributed by atoms with Gasteiger partial charge in [-0.1, -0.05) is 42.3 Å². The van der Waals surface area contributed by atoms with Crippen LogP contribution in [0.5, 0.6) is 5.75 Å². The van der Waals surface area contributed by atoms with Crippen molar-refractivity contribution in [2.24, 2.45) is 0 Å². The van der Waals surface area contributed by atoms with E-state index in [1.165, 1.54) is 37.4 Å². The number of anilines is 1. The average Bonchev–Trinajstić information content (AvgIpc) is 3.75. The molecule has 9 nitrogen and oxygen atoms in total. The maximum atomic E-state index is 12.4. The summed E-state index contributed by atoms with van der Waals surface area (Å²) in [5.41, 5.74) is 1.15. The minimum atomic E-state index is -4.07.